The van der Waals surface area contributed by atoms with Crippen molar-refractivity contribution in [3.8, 4) is 17.2 Å². The first-order valence-electron chi connectivity index (χ1n) is 10.3. The largest absolute Gasteiger partial charge is 0.503 e. The molecule has 33 heavy (non-hydrogen) atoms. The lowest BCUT2D eigenvalue weighted by molar-refractivity contribution is -0.117. The number of nitrogens with zero attached hydrogens (tertiary/aromatic N) is 1. The number of Topliss-reactive ketones (excluding diaryl/α,β-unsaturated/α-hetero) is 1. The molecule has 0 fully saturated rings. The van der Waals surface area contributed by atoms with E-state index >= 15 is 0 Å². The molecular formula is C25H23NO6S. The van der Waals surface area contributed by atoms with E-state index in [9.17, 15) is 14.7 Å². The van der Waals surface area contributed by atoms with Crippen LogP contribution in [0.15, 0.2) is 71.3 Å². The number of hydrogen-bond donors (Lipinski definition) is 1. The van der Waals surface area contributed by atoms with Crippen molar-refractivity contribution in [3.05, 3.63) is 81.8 Å². The molecule has 0 aliphatic carbocycles. The van der Waals surface area contributed by atoms with Crippen LogP contribution in [0.5, 0.6) is 17.2 Å². The predicted octanol–water partition coefficient (Wildman–Crippen LogP) is 4.95. The lowest BCUT2D eigenvalue weighted by atomic mass is 9.94. The number of thiophene rings is 1. The number of carbonyl (C=O) groups is 2. The van der Waals surface area contributed by atoms with Gasteiger partial charge in [-0.1, -0.05) is 18.2 Å². The van der Waals surface area contributed by atoms with E-state index in [0.29, 0.717) is 40.0 Å². The van der Waals surface area contributed by atoms with Crippen LogP contribution in [0.1, 0.15) is 28.2 Å². The summed E-state index contributed by atoms with van der Waals surface area (Å²) >= 11 is 1.25. The van der Waals surface area contributed by atoms with E-state index in [4.69, 9.17) is 14.2 Å². The number of aliphatic hydroxyl groups excluding tert-OH is 1. The Labute approximate surface area is 195 Å². The van der Waals surface area contributed by atoms with Gasteiger partial charge in [-0.05, 0) is 48.2 Å². The minimum absolute atomic E-state index is 0.0119. The van der Waals surface area contributed by atoms with E-state index in [-0.39, 0.29) is 5.57 Å². The SMILES string of the molecule is CCOc1cc(C2C(C(=O)c3cccs3)=C(O)C(=O)N2c2cccc(OC)c2)ccc1OC. The molecule has 2 aromatic carbocycles. The number of carbonyl (C=O) groups excluding carboxylic acids is 2. The minimum atomic E-state index is -0.871. The van der Waals surface area contributed by atoms with Crippen molar-refractivity contribution in [2.45, 2.75) is 13.0 Å². The zero-order chi connectivity index (χ0) is 23.5. The second kappa shape index (κ2) is 9.38. The third kappa shape index (κ3) is 4.05. The molecule has 4 rings (SSSR count). The predicted molar refractivity (Wildman–Crippen MR) is 126 cm³/mol. The van der Waals surface area contributed by atoms with Gasteiger partial charge in [-0.3, -0.25) is 14.5 Å². The summed E-state index contributed by atoms with van der Waals surface area (Å²) in [4.78, 5) is 28.5. The summed E-state index contributed by atoms with van der Waals surface area (Å²) in [5, 5.41) is 12.6. The zero-order valence-corrected chi connectivity index (χ0v) is 19.2. The highest BCUT2D eigenvalue weighted by atomic mass is 32.1. The fraction of sp³-hybridized carbons (Fsp3) is 0.200. The van der Waals surface area contributed by atoms with E-state index in [1.807, 2.05) is 6.92 Å². The number of anilines is 1. The van der Waals surface area contributed by atoms with Gasteiger partial charge in [-0.2, -0.15) is 0 Å². The molecule has 1 aliphatic heterocycles. The molecule has 1 N–H and O–H groups in total. The van der Waals surface area contributed by atoms with Crippen molar-refractivity contribution in [2.75, 3.05) is 25.7 Å². The van der Waals surface area contributed by atoms with E-state index in [1.165, 1.54) is 30.5 Å². The van der Waals surface area contributed by atoms with Gasteiger partial charge >= 0.3 is 0 Å². The fourth-order valence-corrected chi connectivity index (χ4v) is 4.53. The highest BCUT2D eigenvalue weighted by Gasteiger charge is 2.45. The van der Waals surface area contributed by atoms with Crippen LogP contribution < -0.4 is 19.1 Å². The highest BCUT2D eigenvalue weighted by Crippen LogP contribution is 2.44. The number of benzene rings is 2. The maximum Gasteiger partial charge on any atom is 0.294 e. The molecule has 1 amide bonds. The Balaban J connectivity index is 1.90. The van der Waals surface area contributed by atoms with E-state index < -0.39 is 23.5 Å². The summed E-state index contributed by atoms with van der Waals surface area (Å²) < 4.78 is 16.4. The molecule has 1 unspecified atom stereocenters. The summed E-state index contributed by atoms with van der Waals surface area (Å²) in [5.41, 5.74) is 1.09. The molecule has 0 spiro atoms. The van der Waals surface area contributed by atoms with Crippen molar-refractivity contribution in [1.82, 2.24) is 0 Å². The van der Waals surface area contributed by atoms with Crippen molar-refractivity contribution in [2.24, 2.45) is 0 Å². The molecule has 170 valence electrons. The van der Waals surface area contributed by atoms with Crippen LogP contribution in [0.4, 0.5) is 5.69 Å². The lowest BCUT2D eigenvalue weighted by Crippen LogP contribution is -2.31. The van der Waals surface area contributed by atoms with Crippen molar-refractivity contribution >= 4 is 28.7 Å². The van der Waals surface area contributed by atoms with Crippen molar-refractivity contribution < 1.29 is 28.9 Å². The van der Waals surface area contributed by atoms with Crippen LogP contribution >= 0.6 is 11.3 Å². The molecule has 1 aliphatic rings. The highest BCUT2D eigenvalue weighted by molar-refractivity contribution is 7.12. The summed E-state index contributed by atoms with van der Waals surface area (Å²) in [6.07, 6.45) is 0. The Morgan fingerprint density at radius 2 is 1.88 bits per heavy atom. The second-order valence-electron chi connectivity index (χ2n) is 7.19. The van der Waals surface area contributed by atoms with Gasteiger partial charge in [0.2, 0.25) is 5.78 Å². The van der Waals surface area contributed by atoms with Gasteiger partial charge in [0.25, 0.3) is 5.91 Å². The quantitative estimate of drug-likeness (QED) is 0.474. The molecule has 3 aromatic rings. The Kier molecular flexibility index (Phi) is 6.37. The number of ether oxygens (including phenoxy) is 3. The molecule has 2 heterocycles. The first-order chi connectivity index (χ1) is 16.0. The maximum atomic E-state index is 13.4. The van der Waals surface area contributed by atoms with Crippen LogP contribution in [0.3, 0.4) is 0 Å². The van der Waals surface area contributed by atoms with Crippen LogP contribution in [0, 0.1) is 0 Å². The van der Waals surface area contributed by atoms with E-state index in [0.717, 1.165) is 0 Å². The Morgan fingerprint density at radius 1 is 1.06 bits per heavy atom. The second-order valence-corrected chi connectivity index (χ2v) is 8.14. The molecule has 0 saturated heterocycles. The summed E-state index contributed by atoms with van der Waals surface area (Å²) in [5.74, 6) is -0.0969. The molecule has 1 atom stereocenters. The van der Waals surface area contributed by atoms with Gasteiger partial charge in [-0.25, -0.2) is 0 Å². The van der Waals surface area contributed by atoms with Gasteiger partial charge < -0.3 is 19.3 Å². The van der Waals surface area contributed by atoms with Gasteiger partial charge in [0.15, 0.2) is 17.3 Å². The summed E-state index contributed by atoms with van der Waals surface area (Å²) in [7, 11) is 3.07. The minimum Gasteiger partial charge on any atom is -0.503 e. The van der Waals surface area contributed by atoms with Gasteiger partial charge in [0.05, 0.1) is 37.3 Å². The smallest absolute Gasteiger partial charge is 0.294 e. The van der Waals surface area contributed by atoms with Crippen molar-refractivity contribution in [1.29, 1.82) is 0 Å². The number of amides is 1. The number of rotatable bonds is 8. The average molecular weight is 466 g/mol. The number of methoxy groups -OCH3 is 2. The van der Waals surface area contributed by atoms with Gasteiger partial charge in [-0.15, -0.1) is 11.3 Å². The first kappa shape index (κ1) is 22.4. The Hall–Kier alpha value is -3.78. The standard InChI is InChI=1S/C25H23NO6S/c1-4-32-19-13-15(10-11-18(19)31-3)22-21(23(27)20-9-6-12-33-20)24(28)25(29)26(22)16-7-5-8-17(14-16)30-2/h5-14,22,28H,4H2,1-3H3. The molecular weight excluding hydrogens is 442 g/mol. The zero-order valence-electron chi connectivity index (χ0n) is 18.4. The lowest BCUT2D eigenvalue weighted by Gasteiger charge is -2.27. The molecule has 7 nitrogen and oxygen atoms in total. The van der Waals surface area contributed by atoms with Gasteiger partial charge in [0.1, 0.15) is 5.75 Å². The van der Waals surface area contributed by atoms with Crippen LogP contribution in [-0.4, -0.2) is 37.6 Å². The molecule has 0 radical (unpaired) electrons. The normalized spacial score (nSPS) is 15.7. The maximum absolute atomic E-state index is 13.4. The fourth-order valence-electron chi connectivity index (χ4n) is 3.85. The van der Waals surface area contributed by atoms with Crippen LogP contribution in [0.2, 0.25) is 0 Å². The first-order valence-corrected chi connectivity index (χ1v) is 11.2. The molecule has 8 heteroatoms. The number of ketones is 1. The Bertz CT molecular complexity index is 1220. The number of hydrogen-bond acceptors (Lipinski definition) is 7. The van der Waals surface area contributed by atoms with E-state index in [1.54, 1.807) is 60.0 Å². The molecule has 0 saturated carbocycles. The summed E-state index contributed by atoms with van der Waals surface area (Å²) in [6, 6.07) is 14.7. The average Bonchev–Trinajstić information content (AvgIpc) is 3.46. The topological polar surface area (TPSA) is 85.3 Å². The number of aliphatic hydroxyl groups is 1. The summed E-state index contributed by atoms with van der Waals surface area (Å²) in [6.45, 7) is 2.26. The van der Waals surface area contributed by atoms with Gasteiger partial charge in [0, 0.05) is 11.8 Å². The Morgan fingerprint density at radius 3 is 2.55 bits per heavy atom. The third-order valence-electron chi connectivity index (χ3n) is 5.33. The monoisotopic (exact) mass is 465 g/mol. The molecule has 1 aromatic heterocycles. The third-order valence-corrected chi connectivity index (χ3v) is 6.20. The van der Waals surface area contributed by atoms with E-state index in [2.05, 4.69) is 0 Å². The van der Waals surface area contributed by atoms with Crippen LogP contribution in [-0.2, 0) is 4.79 Å². The molecule has 0 bridgehead atoms. The van der Waals surface area contributed by atoms with Crippen LogP contribution in [0.25, 0.3) is 0 Å². The van der Waals surface area contributed by atoms with Crippen molar-refractivity contribution in [3.63, 3.8) is 0 Å².